The molecule has 7 heteroatoms. The molecular formula is C21H16BrClN2O3. The van der Waals surface area contributed by atoms with E-state index in [4.69, 9.17) is 16.3 Å². The van der Waals surface area contributed by atoms with E-state index in [1.807, 2.05) is 12.1 Å². The van der Waals surface area contributed by atoms with Crippen LogP contribution in [0.4, 0.5) is 11.4 Å². The summed E-state index contributed by atoms with van der Waals surface area (Å²) in [6.07, 6.45) is 0. The quantitative estimate of drug-likeness (QED) is 0.520. The molecule has 0 spiro atoms. The highest BCUT2D eigenvalue weighted by Gasteiger charge is 2.14. The van der Waals surface area contributed by atoms with Gasteiger partial charge in [0.1, 0.15) is 5.75 Å². The Hall–Kier alpha value is -2.83. The van der Waals surface area contributed by atoms with Crippen LogP contribution >= 0.6 is 27.5 Å². The molecule has 0 aromatic heterocycles. The first-order valence-electron chi connectivity index (χ1n) is 8.35. The fourth-order valence-electron chi connectivity index (χ4n) is 2.39. The predicted molar refractivity (Wildman–Crippen MR) is 114 cm³/mol. The first-order chi connectivity index (χ1) is 13.5. The molecule has 0 bridgehead atoms. The number of halogens is 2. The van der Waals surface area contributed by atoms with Gasteiger partial charge >= 0.3 is 0 Å². The summed E-state index contributed by atoms with van der Waals surface area (Å²) in [7, 11) is 0. The van der Waals surface area contributed by atoms with Crippen molar-refractivity contribution in [3.63, 3.8) is 0 Å². The molecular weight excluding hydrogens is 444 g/mol. The number of nitrogens with one attached hydrogen (secondary N) is 2. The van der Waals surface area contributed by atoms with Crippen LogP contribution in [-0.2, 0) is 4.79 Å². The molecule has 28 heavy (non-hydrogen) atoms. The summed E-state index contributed by atoms with van der Waals surface area (Å²) in [6, 6.07) is 20.7. The van der Waals surface area contributed by atoms with Crippen LogP contribution in [0, 0.1) is 0 Å². The largest absolute Gasteiger partial charge is 0.483 e. The normalized spacial score (nSPS) is 10.2. The maximum atomic E-state index is 12.6. The molecule has 3 aromatic rings. The van der Waals surface area contributed by atoms with E-state index in [0.717, 1.165) is 4.47 Å². The zero-order valence-corrected chi connectivity index (χ0v) is 17.0. The van der Waals surface area contributed by atoms with Crippen LogP contribution in [0.2, 0.25) is 5.02 Å². The third kappa shape index (κ3) is 5.58. The van der Waals surface area contributed by atoms with Crippen LogP contribution in [0.3, 0.4) is 0 Å². The van der Waals surface area contributed by atoms with Crippen molar-refractivity contribution in [3.05, 3.63) is 87.9 Å². The van der Waals surface area contributed by atoms with Gasteiger partial charge in [-0.15, -0.1) is 0 Å². The molecule has 0 radical (unpaired) electrons. The summed E-state index contributed by atoms with van der Waals surface area (Å²) in [5.41, 5.74) is 1.60. The van der Waals surface area contributed by atoms with Gasteiger partial charge in [-0.1, -0.05) is 39.7 Å². The topological polar surface area (TPSA) is 67.4 Å². The monoisotopic (exact) mass is 458 g/mol. The van der Waals surface area contributed by atoms with E-state index in [2.05, 4.69) is 26.6 Å². The predicted octanol–water partition coefficient (Wildman–Crippen LogP) is 5.37. The molecule has 2 amide bonds. The Morgan fingerprint density at radius 2 is 1.46 bits per heavy atom. The van der Waals surface area contributed by atoms with Gasteiger partial charge in [0.05, 0.1) is 5.56 Å². The molecule has 3 aromatic carbocycles. The van der Waals surface area contributed by atoms with Gasteiger partial charge in [-0.3, -0.25) is 9.59 Å². The van der Waals surface area contributed by atoms with Crippen molar-refractivity contribution < 1.29 is 14.3 Å². The van der Waals surface area contributed by atoms with Gasteiger partial charge in [0.25, 0.3) is 11.8 Å². The van der Waals surface area contributed by atoms with Crippen LogP contribution in [-0.4, -0.2) is 18.4 Å². The number of para-hydroxylation sites is 1. The van der Waals surface area contributed by atoms with Crippen molar-refractivity contribution in [1.82, 2.24) is 0 Å². The van der Waals surface area contributed by atoms with Gasteiger partial charge in [0.15, 0.2) is 6.61 Å². The third-order valence-electron chi connectivity index (χ3n) is 3.72. The molecule has 0 aliphatic carbocycles. The molecule has 5 nitrogen and oxygen atoms in total. The highest BCUT2D eigenvalue weighted by Crippen LogP contribution is 2.21. The van der Waals surface area contributed by atoms with Crippen LogP contribution in [0.15, 0.2) is 77.3 Å². The van der Waals surface area contributed by atoms with Crippen molar-refractivity contribution in [2.75, 3.05) is 17.2 Å². The Morgan fingerprint density at radius 1 is 0.857 bits per heavy atom. The minimum Gasteiger partial charge on any atom is -0.483 e. The second-order valence-electron chi connectivity index (χ2n) is 5.80. The maximum Gasteiger partial charge on any atom is 0.262 e. The van der Waals surface area contributed by atoms with Crippen molar-refractivity contribution in [2.45, 2.75) is 0 Å². The van der Waals surface area contributed by atoms with E-state index >= 15 is 0 Å². The SMILES string of the molecule is O=C(COc1ccccc1C(=O)Nc1ccc(Br)cc1)Nc1ccc(Cl)cc1. The third-order valence-corrected chi connectivity index (χ3v) is 4.50. The number of ether oxygens (including phenoxy) is 1. The Kier molecular flexibility index (Phi) is 6.68. The maximum absolute atomic E-state index is 12.6. The minimum atomic E-state index is -0.342. The van der Waals surface area contributed by atoms with Gasteiger partial charge in [0, 0.05) is 20.9 Å². The number of anilines is 2. The molecule has 0 heterocycles. The smallest absolute Gasteiger partial charge is 0.262 e. The highest BCUT2D eigenvalue weighted by atomic mass is 79.9. The molecule has 0 atom stereocenters. The van der Waals surface area contributed by atoms with Gasteiger partial charge in [-0.25, -0.2) is 0 Å². The molecule has 0 unspecified atom stereocenters. The summed E-state index contributed by atoms with van der Waals surface area (Å²) in [4.78, 5) is 24.7. The number of benzene rings is 3. The molecule has 0 fully saturated rings. The Bertz CT molecular complexity index is 976. The number of carbonyl (C=O) groups excluding carboxylic acids is 2. The molecule has 3 rings (SSSR count). The van der Waals surface area contributed by atoms with Crippen LogP contribution in [0.25, 0.3) is 0 Å². The standard InChI is InChI=1S/C21H16BrClN2O3/c22-14-5-9-17(10-6-14)25-21(27)18-3-1-2-4-19(18)28-13-20(26)24-16-11-7-15(23)8-12-16/h1-12H,13H2,(H,24,26)(H,25,27). The number of rotatable bonds is 6. The summed E-state index contributed by atoms with van der Waals surface area (Å²) in [6.45, 7) is -0.231. The van der Waals surface area contributed by atoms with E-state index in [1.165, 1.54) is 0 Å². The molecule has 2 N–H and O–H groups in total. The van der Waals surface area contributed by atoms with E-state index in [-0.39, 0.29) is 18.4 Å². The number of amides is 2. The van der Waals surface area contributed by atoms with Crippen molar-refractivity contribution in [2.24, 2.45) is 0 Å². The van der Waals surface area contributed by atoms with Gasteiger partial charge in [0.2, 0.25) is 0 Å². The van der Waals surface area contributed by atoms with Crippen molar-refractivity contribution >= 4 is 50.7 Å². The highest BCUT2D eigenvalue weighted by molar-refractivity contribution is 9.10. The number of hydrogen-bond acceptors (Lipinski definition) is 3. The average Bonchev–Trinajstić information content (AvgIpc) is 2.70. The van der Waals surface area contributed by atoms with Crippen LogP contribution < -0.4 is 15.4 Å². The first kappa shape index (κ1) is 19.9. The van der Waals surface area contributed by atoms with E-state index in [9.17, 15) is 9.59 Å². The fourth-order valence-corrected chi connectivity index (χ4v) is 2.78. The fraction of sp³-hybridized carbons (Fsp3) is 0.0476. The zero-order chi connectivity index (χ0) is 19.9. The lowest BCUT2D eigenvalue weighted by Gasteiger charge is -2.12. The Morgan fingerprint density at radius 3 is 2.18 bits per heavy atom. The van der Waals surface area contributed by atoms with Crippen molar-refractivity contribution in [3.8, 4) is 5.75 Å². The number of carbonyl (C=O) groups is 2. The lowest BCUT2D eigenvalue weighted by Crippen LogP contribution is -2.21. The summed E-state index contributed by atoms with van der Waals surface area (Å²) < 4.78 is 6.48. The van der Waals surface area contributed by atoms with E-state index < -0.39 is 0 Å². The Balaban J connectivity index is 1.63. The van der Waals surface area contributed by atoms with Crippen molar-refractivity contribution in [1.29, 1.82) is 0 Å². The van der Waals surface area contributed by atoms with Gasteiger partial charge < -0.3 is 15.4 Å². The lowest BCUT2D eigenvalue weighted by molar-refractivity contribution is -0.118. The van der Waals surface area contributed by atoms with Crippen LogP contribution in [0.1, 0.15) is 10.4 Å². The number of hydrogen-bond donors (Lipinski definition) is 2. The molecule has 0 aliphatic heterocycles. The second kappa shape index (κ2) is 9.39. The second-order valence-corrected chi connectivity index (χ2v) is 7.15. The van der Waals surface area contributed by atoms with Gasteiger partial charge in [-0.05, 0) is 60.7 Å². The molecule has 0 saturated heterocycles. The molecule has 0 saturated carbocycles. The summed E-state index contributed by atoms with van der Waals surface area (Å²) >= 11 is 9.18. The minimum absolute atomic E-state index is 0.231. The first-order valence-corrected chi connectivity index (χ1v) is 9.52. The summed E-state index contributed by atoms with van der Waals surface area (Å²) in [5.74, 6) is -0.343. The van der Waals surface area contributed by atoms with Gasteiger partial charge in [-0.2, -0.15) is 0 Å². The lowest BCUT2D eigenvalue weighted by atomic mass is 10.2. The Labute approximate surface area is 175 Å². The summed E-state index contributed by atoms with van der Waals surface area (Å²) in [5, 5.41) is 6.09. The molecule has 0 aliphatic rings. The van der Waals surface area contributed by atoms with E-state index in [1.54, 1.807) is 60.7 Å². The average molecular weight is 460 g/mol. The zero-order valence-electron chi connectivity index (χ0n) is 14.6. The van der Waals surface area contributed by atoms with E-state index in [0.29, 0.717) is 27.7 Å². The van der Waals surface area contributed by atoms with Crippen LogP contribution in [0.5, 0.6) is 5.75 Å². The molecule has 142 valence electrons.